The molecule has 1 aliphatic heterocycles. The third kappa shape index (κ3) is 4.38. The highest BCUT2D eigenvalue weighted by Gasteiger charge is 2.35. The topological polar surface area (TPSA) is 63.4 Å². The lowest BCUT2D eigenvalue weighted by Gasteiger charge is -2.37. The first-order valence-electron chi connectivity index (χ1n) is 10.8. The van der Waals surface area contributed by atoms with Crippen molar-refractivity contribution in [2.45, 2.75) is 13.0 Å². The van der Waals surface area contributed by atoms with Crippen molar-refractivity contribution in [3.63, 3.8) is 0 Å². The van der Waals surface area contributed by atoms with Gasteiger partial charge in [0.25, 0.3) is 5.89 Å². The Balaban J connectivity index is 1.65. The van der Waals surface area contributed by atoms with E-state index in [1.807, 2.05) is 36.1 Å². The normalized spacial score (nSPS) is 15.8. The van der Waals surface area contributed by atoms with Crippen molar-refractivity contribution in [1.29, 1.82) is 0 Å². The number of allylic oxidation sites excluding steroid dienone is 1. The summed E-state index contributed by atoms with van der Waals surface area (Å²) >= 11 is 5.73. The Kier molecular flexibility index (Phi) is 6.00. The molecular formula is C26H20F2N4O2S. The van der Waals surface area contributed by atoms with Crippen molar-refractivity contribution in [3.8, 4) is 17.1 Å². The summed E-state index contributed by atoms with van der Waals surface area (Å²) in [5.74, 6) is 0.560. The van der Waals surface area contributed by atoms with E-state index in [0.717, 1.165) is 16.9 Å². The first kappa shape index (κ1) is 22.7. The summed E-state index contributed by atoms with van der Waals surface area (Å²) in [6.45, 7) is 1.90. The first-order chi connectivity index (χ1) is 16.9. The van der Waals surface area contributed by atoms with Gasteiger partial charge in [-0.2, -0.15) is 4.98 Å². The molecule has 1 atom stereocenters. The number of anilines is 1. The second-order valence-electron chi connectivity index (χ2n) is 7.90. The number of ether oxygens (including phenoxy) is 1. The Morgan fingerprint density at radius 1 is 1.00 bits per heavy atom. The summed E-state index contributed by atoms with van der Waals surface area (Å²) in [4.78, 5) is 6.45. The van der Waals surface area contributed by atoms with E-state index in [9.17, 15) is 8.78 Å². The van der Waals surface area contributed by atoms with Crippen LogP contribution in [0.2, 0.25) is 0 Å². The Bertz CT molecular complexity index is 1420. The van der Waals surface area contributed by atoms with Gasteiger partial charge in [0.2, 0.25) is 5.82 Å². The largest absolute Gasteiger partial charge is 0.497 e. The Morgan fingerprint density at radius 2 is 1.69 bits per heavy atom. The van der Waals surface area contributed by atoms with Gasteiger partial charge in [-0.25, -0.2) is 8.78 Å². The highest BCUT2D eigenvalue weighted by molar-refractivity contribution is 7.80. The lowest BCUT2D eigenvalue weighted by molar-refractivity contribution is 0.404. The molecule has 1 N–H and O–H groups in total. The lowest BCUT2D eigenvalue weighted by atomic mass is 9.94. The molecule has 5 rings (SSSR count). The van der Waals surface area contributed by atoms with E-state index >= 15 is 0 Å². The van der Waals surface area contributed by atoms with Gasteiger partial charge in [0, 0.05) is 17.3 Å². The molecule has 0 saturated heterocycles. The third-order valence-corrected chi connectivity index (χ3v) is 6.06. The van der Waals surface area contributed by atoms with Crippen LogP contribution in [0.1, 0.15) is 24.4 Å². The van der Waals surface area contributed by atoms with Gasteiger partial charge in [0.15, 0.2) is 5.11 Å². The molecule has 0 amide bonds. The van der Waals surface area contributed by atoms with Gasteiger partial charge in [0.1, 0.15) is 17.4 Å². The molecule has 6 nitrogen and oxygen atoms in total. The van der Waals surface area contributed by atoms with Gasteiger partial charge < -0.3 is 14.6 Å². The molecule has 0 saturated carbocycles. The maximum Gasteiger partial charge on any atom is 0.258 e. The minimum atomic E-state index is -0.466. The quantitative estimate of drug-likeness (QED) is 0.350. The van der Waals surface area contributed by atoms with Gasteiger partial charge in [-0.1, -0.05) is 23.4 Å². The van der Waals surface area contributed by atoms with Crippen LogP contribution in [-0.2, 0) is 0 Å². The van der Waals surface area contributed by atoms with Crippen molar-refractivity contribution >= 4 is 28.6 Å². The molecule has 9 heteroatoms. The van der Waals surface area contributed by atoms with Crippen LogP contribution in [0.3, 0.4) is 0 Å². The van der Waals surface area contributed by atoms with Gasteiger partial charge in [-0.15, -0.1) is 0 Å². The summed E-state index contributed by atoms with van der Waals surface area (Å²) in [6, 6.07) is 19.0. The van der Waals surface area contributed by atoms with E-state index in [2.05, 4.69) is 15.5 Å². The number of methoxy groups -OCH3 is 1. The molecule has 176 valence electrons. The van der Waals surface area contributed by atoms with Crippen LogP contribution in [0.25, 0.3) is 17.0 Å². The molecule has 1 aromatic heterocycles. The van der Waals surface area contributed by atoms with Gasteiger partial charge in [0.05, 0.1) is 24.4 Å². The van der Waals surface area contributed by atoms with E-state index in [-0.39, 0.29) is 17.5 Å². The second kappa shape index (κ2) is 9.27. The Hall–Kier alpha value is -4.11. The SMILES string of the molecule is COc1cccc(N2C(=S)NC(c3ccc(F)cc3)C(c3nc(-c4ccc(F)cc4)no3)=C2C)c1. The molecule has 1 aliphatic rings. The number of hydrogen-bond donors (Lipinski definition) is 1. The van der Waals surface area contributed by atoms with Gasteiger partial charge in [-0.05, 0) is 73.2 Å². The minimum absolute atomic E-state index is 0.263. The van der Waals surface area contributed by atoms with E-state index in [1.54, 1.807) is 31.4 Å². The maximum atomic E-state index is 13.7. The number of rotatable bonds is 5. The maximum absolute atomic E-state index is 13.7. The van der Waals surface area contributed by atoms with Crippen LogP contribution in [0.15, 0.2) is 83.0 Å². The Labute approximate surface area is 205 Å². The molecule has 0 spiro atoms. The molecule has 35 heavy (non-hydrogen) atoms. The zero-order valence-electron chi connectivity index (χ0n) is 18.8. The van der Waals surface area contributed by atoms with Crippen LogP contribution in [0, 0.1) is 11.6 Å². The van der Waals surface area contributed by atoms with Crippen LogP contribution in [0.4, 0.5) is 14.5 Å². The molecule has 1 unspecified atom stereocenters. The number of halogens is 2. The number of benzene rings is 3. The molecule has 4 aromatic rings. The summed E-state index contributed by atoms with van der Waals surface area (Å²) < 4.78 is 38.1. The molecule has 3 aromatic carbocycles. The highest BCUT2D eigenvalue weighted by Crippen LogP contribution is 2.39. The molecule has 0 bridgehead atoms. The van der Waals surface area contributed by atoms with E-state index < -0.39 is 6.04 Å². The monoisotopic (exact) mass is 490 g/mol. The number of aromatic nitrogens is 2. The summed E-state index contributed by atoms with van der Waals surface area (Å²) in [5.41, 5.74) is 3.60. The smallest absolute Gasteiger partial charge is 0.258 e. The van der Waals surface area contributed by atoms with E-state index in [4.69, 9.17) is 21.5 Å². The fourth-order valence-electron chi connectivity index (χ4n) is 4.03. The van der Waals surface area contributed by atoms with E-state index in [0.29, 0.717) is 27.8 Å². The summed E-state index contributed by atoms with van der Waals surface area (Å²) in [6.07, 6.45) is 0. The molecule has 0 radical (unpaired) electrons. The van der Waals surface area contributed by atoms with Crippen LogP contribution in [-0.4, -0.2) is 22.4 Å². The summed E-state index contributed by atoms with van der Waals surface area (Å²) in [5, 5.41) is 7.89. The molecule has 2 heterocycles. The fraction of sp³-hybridized carbons (Fsp3) is 0.115. The predicted molar refractivity (Wildman–Crippen MR) is 133 cm³/mol. The second-order valence-corrected chi connectivity index (χ2v) is 8.29. The van der Waals surface area contributed by atoms with Crippen molar-refractivity contribution in [1.82, 2.24) is 15.5 Å². The highest BCUT2D eigenvalue weighted by atomic mass is 32.1. The summed E-state index contributed by atoms with van der Waals surface area (Å²) in [7, 11) is 1.60. The van der Waals surface area contributed by atoms with Crippen LogP contribution >= 0.6 is 12.2 Å². The van der Waals surface area contributed by atoms with Crippen LogP contribution in [0.5, 0.6) is 5.75 Å². The van der Waals surface area contributed by atoms with Crippen molar-refractivity contribution in [2.24, 2.45) is 0 Å². The number of hydrogen-bond acceptors (Lipinski definition) is 5. The fourth-order valence-corrected chi connectivity index (χ4v) is 4.40. The number of nitrogens with zero attached hydrogens (tertiary/aromatic N) is 3. The van der Waals surface area contributed by atoms with Crippen LogP contribution < -0.4 is 15.0 Å². The molecular weight excluding hydrogens is 470 g/mol. The van der Waals surface area contributed by atoms with Crippen molar-refractivity contribution in [3.05, 3.63) is 102 Å². The lowest BCUT2D eigenvalue weighted by Crippen LogP contribution is -2.46. The standard InChI is InChI=1S/C26H20F2N4O2S/c1-15-22(25-30-24(31-34-25)17-8-12-19(28)13-9-17)23(16-6-10-18(27)11-7-16)29-26(35)32(15)20-4-3-5-21(14-20)33-2/h3-14,23H,1-2H3,(H,29,35). The third-order valence-electron chi connectivity index (χ3n) is 5.76. The Morgan fingerprint density at radius 3 is 2.37 bits per heavy atom. The molecule has 0 aliphatic carbocycles. The number of nitrogens with one attached hydrogen (secondary N) is 1. The van der Waals surface area contributed by atoms with Gasteiger partial charge in [-0.3, -0.25) is 4.90 Å². The van der Waals surface area contributed by atoms with E-state index in [1.165, 1.54) is 24.3 Å². The van der Waals surface area contributed by atoms with Gasteiger partial charge >= 0.3 is 0 Å². The minimum Gasteiger partial charge on any atom is -0.497 e. The zero-order valence-corrected chi connectivity index (χ0v) is 19.6. The van der Waals surface area contributed by atoms with Crippen molar-refractivity contribution in [2.75, 3.05) is 12.0 Å². The predicted octanol–water partition coefficient (Wildman–Crippen LogP) is 5.89. The zero-order chi connectivity index (χ0) is 24.5. The molecule has 0 fully saturated rings. The first-order valence-corrected chi connectivity index (χ1v) is 11.2. The van der Waals surface area contributed by atoms with Crippen molar-refractivity contribution < 1.29 is 18.0 Å². The average Bonchev–Trinajstić information content (AvgIpc) is 3.34. The average molecular weight is 491 g/mol. The number of thiocarbonyl (C=S) groups is 1.